The van der Waals surface area contributed by atoms with Gasteiger partial charge in [0.2, 0.25) is 0 Å². The average Bonchev–Trinajstić information content (AvgIpc) is 2.35. The number of hydrogen-bond donors (Lipinski definition) is 1. The molecule has 1 unspecified atom stereocenters. The van der Waals surface area contributed by atoms with Crippen molar-refractivity contribution in [2.75, 3.05) is 6.54 Å². The van der Waals surface area contributed by atoms with Crippen LogP contribution in [0.4, 0.5) is 0 Å². The normalized spacial score (nSPS) is 13.5. The summed E-state index contributed by atoms with van der Waals surface area (Å²) in [6.45, 7) is 16.7. The van der Waals surface area contributed by atoms with Crippen molar-refractivity contribution in [1.82, 2.24) is 10.3 Å². The molecule has 1 rings (SSSR count). The predicted molar refractivity (Wildman–Crippen MR) is 92.8 cm³/mol. The first kappa shape index (κ1) is 18.2. The van der Waals surface area contributed by atoms with Crippen molar-refractivity contribution < 1.29 is 0 Å². The van der Waals surface area contributed by atoms with Crippen LogP contribution in [-0.2, 0) is 0 Å². The van der Waals surface area contributed by atoms with E-state index in [1.807, 2.05) is 0 Å². The molecule has 0 fully saturated rings. The molecule has 1 atom stereocenters. The van der Waals surface area contributed by atoms with Crippen LogP contribution in [-0.4, -0.2) is 11.5 Å². The Morgan fingerprint density at radius 1 is 1.19 bits per heavy atom. The maximum absolute atomic E-state index is 4.62. The quantitative estimate of drug-likeness (QED) is 0.660. The van der Waals surface area contributed by atoms with E-state index in [0.717, 1.165) is 17.9 Å². The minimum absolute atomic E-state index is 0.364. The smallest absolute Gasteiger partial charge is 0.0426 e. The summed E-state index contributed by atoms with van der Waals surface area (Å²) in [5.41, 5.74) is 5.36. The fourth-order valence-corrected chi connectivity index (χ4v) is 3.16. The number of hydrogen-bond acceptors (Lipinski definition) is 2. The molecule has 0 aliphatic heterocycles. The molecule has 2 heteroatoms. The molecule has 0 amide bonds. The lowest BCUT2D eigenvalue weighted by Gasteiger charge is -2.28. The second kappa shape index (κ2) is 7.93. The number of rotatable bonds is 8. The lowest BCUT2D eigenvalue weighted by molar-refractivity contribution is 0.290. The van der Waals surface area contributed by atoms with Gasteiger partial charge in [0.15, 0.2) is 0 Å². The predicted octanol–water partition coefficient (Wildman–Crippen LogP) is 5.26. The molecule has 1 aromatic rings. The fourth-order valence-electron chi connectivity index (χ4n) is 3.16. The first-order valence-corrected chi connectivity index (χ1v) is 8.45. The minimum atomic E-state index is 0.364. The molecule has 0 aliphatic rings. The van der Waals surface area contributed by atoms with Gasteiger partial charge in [-0.2, -0.15) is 0 Å². The largest absolute Gasteiger partial charge is 0.310 e. The van der Waals surface area contributed by atoms with Crippen molar-refractivity contribution in [2.24, 2.45) is 5.41 Å². The Morgan fingerprint density at radius 3 is 2.43 bits per heavy atom. The van der Waals surface area contributed by atoms with E-state index < -0.39 is 0 Å². The van der Waals surface area contributed by atoms with Gasteiger partial charge in [-0.3, -0.25) is 4.98 Å². The van der Waals surface area contributed by atoms with Gasteiger partial charge in [0.05, 0.1) is 0 Å². The summed E-state index contributed by atoms with van der Waals surface area (Å²) < 4.78 is 0. The standard InChI is InChI=1S/C19H34N2/c1-8-9-10-11-19(6,7)13-20-16(4)18-14(2)12-15(3)21-17(18)5/h12,16,20H,8-11,13H2,1-7H3. The second-order valence-corrected chi connectivity index (χ2v) is 7.30. The minimum Gasteiger partial charge on any atom is -0.310 e. The average molecular weight is 290 g/mol. The lowest BCUT2D eigenvalue weighted by atomic mass is 9.86. The van der Waals surface area contributed by atoms with Crippen LogP contribution in [0.25, 0.3) is 0 Å². The van der Waals surface area contributed by atoms with Gasteiger partial charge in [-0.05, 0) is 56.7 Å². The highest BCUT2D eigenvalue weighted by atomic mass is 14.9. The van der Waals surface area contributed by atoms with Crippen molar-refractivity contribution in [3.05, 3.63) is 28.6 Å². The maximum Gasteiger partial charge on any atom is 0.0426 e. The van der Waals surface area contributed by atoms with Crippen LogP contribution in [0.2, 0.25) is 0 Å². The van der Waals surface area contributed by atoms with Gasteiger partial charge < -0.3 is 5.32 Å². The molecule has 0 spiro atoms. The van der Waals surface area contributed by atoms with Crippen LogP contribution >= 0.6 is 0 Å². The van der Waals surface area contributed by atoms with Crippen molar-refractivity contribution in [2.45, 2.75) is 80.2 Å². The van der Waals surface area contributed by atoms with E-state index in [4.69, 9.17) is 0 Å². The number of aryl methyl sites for hydroxylation is 3. The van der Waals surface area contributed by atoms with E-state index in [0.29, 0.717) is 11.5 Å². The maximum atomic E-state index is 4.62. The van der Waals surface area contributed by atoms with E-state index in [2.05, 4.69) is 64.8 Å². The first-order chi connectivity index (χ1) is 9.76. The van der Waals surface area contributed by atoms with Crippen LogP contribution in [0.5, 0.6) is 0 Å². The fraction of sp³-hybridized carbons (Fsp3) is 0.737. The van der Waals surface area contributed by atoms with Crippen LogP contribution in [0.1, 0.15) is 81.9 Å². The van der Waals surface area contributed by atoms with Crippen molar-refractivity contribution in [3.8, 4) is 0 Å². The van der Waals surface area contributed by atoms with Crippen LogP contribution in [0.15, 0.2) is 6.07 Å². The molecule has 0 saturated heterocycles. The number of pyridine rings is 1. The van der Waals surface area contributed by atoms with Crippen molar-refractivity contribution in [3.63, 3.8) is 0 Å². The molecule has 120 valence electrons. The summed E-state index contributed by atoms with van der Waals surface area (Å²) in [5, 5.41) is 3.73. The highest BCUT2D eigenvalue weighted by molar-refractivity contribution is 5.33. The second-order valence-electron chi connectivity index (χ2n) is 7.30. The molecule has 1 N–H and O–H groups in total. The van der Waals surface area contributed by atoms with Crippen LogP contribution in [0.3, 0.4) is 0 Å². The number of nitrogens with zero attached hydrogens (tertiary/aromatic N) is 1. The monoisotopic (exact) mass is 290 g/mol. The van der Waals surface area contributed by atoms with Gasteiger partial charge in [-0.1, -0.05) is 40.0 Å². The third-order valence-corrected chi connectivity index (χ3v) is 4.36. The number of aromatic nitrogens is 1. The van der Waals surface area contributed by atoms with Gasteiger partial charge in [0.1, 0.15) is 0 Å². The summed E-state index contributed by atoms with van der Waals surface area (Å²) in [6, 6.07) is 2.55. The highest BCUT2D eigenvalue weighted by Crippen LogP contribution is 2.26. The summed E-state index contributed by atoms with van der Waals surface area (Å²) in [4.78, 5) is 4.62. The molecule has 0 aromatic carbocycles. The molecule has 1 heterocycles. The lowest BCUT2D eigenvalue weighted by Crippen LogP contribution is -2.32. The zero-order chi connectivity index (χ0) is 16.0. The van der Waals surface area contributed by atoms with E-state index in [1.165, 1.54) is 36.8 Å². The topological polar surface area (TPSA) is 24.9 Å². The Hall–Kier alpha value is -0.890. The third-order valence-electron chi connectivity index (χ3n) is 4.36. The van der Waals surface area contributed by atoms with Gasteiger partial charge in [0, 0.05) is 24.0 Å². The highest BCUT2D eigenvalue weighted by Gasteiger charge is 2.20. The number of nitrogens with one attached hydrogen (secondary N) is 1. The van der Waals surface area contributed by atoms with Gasteiger partial charge >= 0.3 is 0 Å². The zero-order valence-electron chi connectivity index (χ0n) is 15.1. The Morgan fingerprint density at radius 2 is 1.86 bits per heavy atom. The van der Waals surface area contributed by atoms with Crippen LogP contribution in [0, 0.1) is 26.2 Å². The van der Waals surface area contributed by atoms with E-state index >= 15 is 0 Å². The summed E-state index contributed by atoms with van der Waals surface area (Å²) in [5.74, 6) is 0. The molecular formula is C19H34N2. The number of unbranched alkanes of at least 4 members (excludes halogenated alkanes) is 2. The summed E-state index contributed by atoms with van der Waals surface area (Å²) >= 11 is 0. The zero-order valence-corrected chi connectivity index (χ0v) is 15.1. The molecule has 2 nitrogen and oxygen atoms in total. The van der Waals surface area contributed by atoms with Crippen LogP contribution < -0.4 is 5.32 Å². The van der Waals surface area contributed by atoms with Gasteiger partial charge in [-0.25, -0.2) is 0 Å². The summed E-state index contributed by atoms with van der Waals surface area (Å²) in [7, 11) is 0. The molecular weight excluding hydrogens is 256 g/mol. The van der Waals surface area contributed by atoms with Crippen molar-refractivity contribution >= 4 is 0 Å². The van der Waals surface area contributed by atoms with Gasteiger partial charge in [-0.15, -0.1) is 0 Å². The summed E-state index contributed by atoms with van der Waals surface area (Å²) in [6.07, 6.45) is 5.28. The Balaban J connectivity index is 2.63. The molecule has 0 radical (unpaired) electrons. The molecule has 21 heavy (non-hydrogen) atoms. The van der Waals surface area contributed by atoms with E-state index in [1.54, 1.807) is 0 Å². The molecule has 0 bridgehead atoms. The van der Waals surface area contributed by atoms with Crippen molar-refractivity contribution in [1.29, 1.82) is 0 Å². The first-order valence-electron chi connectivity index (χ1n) is 8.45. The van der Waals surface area contributed by atoms with E-state index in [-0.39, 0.29) is 0 Å². The SMILES string of the molecule is CCCCCC(C)(C)CNC(C)c1c(C)cc(C)nc1C. The Kier molecular flexibility index (Phi) is 6.86. The van der Waals surface area contributed by atoms with Gasteiger partial charge in [0.25, 0.3) is 0 Å². The van der Waals surface area contributed by atoms with E-state index in [9.17, 15) is 0 Å². The molecule has 1 aromatic heterocycles. The third kappa shape index (κ3) is 5.78. The molecule has 0 saturated carbocycles. The molecule has 0 aliphatic carbocycles. The Labute approximate surface area is 131 Å². The Bertz CT molecular complexity index is 426.